The molecule has 0 radical (unpaired) electrons. The molecule has 0 amide bonds. The lowest BCUT2D eigenvalue weighted by Crippen LogP contribution is -2.52. The molecule has 1 aliphatic rings. The molecule has 1 unspecified atom stereocenters. The minimum atomic E-state index is -0.0226. The Morgan fingerprint density at radius 2 is 2.08 bits per heavy atom. The predicted molar refractivity (Wildman–Crippen MR) is 54.2 cm³/mol. The standard InChI is InChI=1S/C10H22N2O/c1-4-10(5-2,13-3)9-7-6-8-12(9)11/h9H,4-8,11H2,1-3H3. The van der Waals surface area contributed by atoms with Crippen molar-refractivity contribution in [3.63, 3.8) is 0 Å². The van der Waals surface area contributed by atoms with Crippen LogP contribution in [0, 0.1) is 0 Å². The van der Waals surface area contributed by atoms with Crippen LogP contribution >= 0.6 is 0 Å². The SMILES string of the molecule is CCC(CC)(OC)C1CCCN1N. The minimum absolute atomic E-state index is 0.0226. The number of hydrogen-bond donors (Lipinski definition) is 1. The van der Waals surface area contributed by atoms with Gasteiger partial charge in [-0.3, -0.25) is 5.84 Å². The summed E-state index contributed by atoms with van der Waals surface area (Å²) in [4.78, 5) is 0. The number of methoxy groups -OCH3 is 1. The highest BCUT2D eigenvalue weighted by atomic mass is 16.5. The Kier molecular flexibility index (Phi) is 3.71. The topological polar surface area (TPSA) is 38.5 Å². The summed E-state index contributed by atoms with van der Waals surface area (Å²) in [7, 11) is 1.80. The summed E-state index contributed by atoms with van der Waals surface area (Å²) >= 11 is 0. The summed E-state index contributed by atoms with van der Waals surface area (Å²) < 4.78 is 5.67. The lowest BCUT2D eigenvalue weighted by molar-refractivity contribution is -0.0738. The van der Waals surface area contributed by atoms with Gasteiger partial charge >= 0.3 is 0 Å². The van der Waals surface area contributed by atoms with Crippen LogP contribution in [0.2, 0.25) is 0 Å². The van der Waals surface area contributed by atoms with Crippen molar-refractivity contribution in [3.8, 4) is 0 Å². The Morgan fingerprint density at radius 1 is 1.46 bits per heavy atom. The van der Waals surface area contributed by atoms with Gasteiger partial charge in [0.1, 0.15) is 0 Å². The van der Waals surface area contributed by atoms with Crippen molar-refractivity contribution in [3.05, 3.63) is 0 Å². The zero-order valence-electron chi connectivity index (χ0n) is 9.05. The number of rotatable bonds is 4. The van der Waals surface area contributed by atoms with E-state index in [0.29, 0.717) is 6.04 Å². The highest BCUT2D eigenvalue weighted by molar-refractivity contribution is 4.94. The highest BCUT2D eigenvalue weighted by Gasteiger charge is 2.40. The maximum Gasteiger partial charge on any atom is 0.0841 e. The summed E-state index contributed by atoms with van der Waals surface area (Å²) in [6.45, 7) is 5.37. The molecule has 3 heteroatoms. The van der Waals surface area contributed by atoms with E-state index in [2.05, 4.69) is 13.8 Å². The van der Waals surface area contributed by atoms with E-state index in [1.165, 1.54) is 12.8 Å². The van der Waals surface area contributed by atoms with Crippen LogP contribution in [-0.4, -0.2) is 30.3 Å². The molecule has 3 nitrogen and oxygen atoms in total. The fourth-order valence-corrected chi connectivity index (χ4v) is 2.50. The van der Waals surface area contributed by atoms with Gasteiger partial charge in [0.05, 0.1) is 11.6 Å². The number of hydrazine groups is 1. The Balaban J connectivity index is 2.73. The molecular formula is C10H22N2O. The van der Waals surface area contributed by atoms with Gasteiger partial charge < -0.3 is 4.74 Å². The van der Waals surface area contributed by atoms with Gasteiger partial charge in [0.25, 0.3) is 0 Å². The van der Waals surface area contributed by atoms with Gasteiger partial charge in [-0.1, -0.05) is 13.8 Å². The number of hydrogen-bond acceptors (Lipinski definition) is 3. The fourth-order valence-electron chi connectivity index (χ4n) is 2.50. The number of nitrogens with zero attached hydrogens (tertiary/aromatic N) is 1. The summed E-state index contributed by atoms with van der Waals surface area (Å²) in [6.07, 6.45) is 4.45. The Labute approximate surface area is 81.2 Å². The molecular weight excluding hydrogens is 164 g/mol. The molecule has 1 heterocycles. The number of nitrogens with two attached hydrogens (primary N) is 1. The van der Waals surface area contributed by atoms with Gasteiger partial charge in [-0.2, -0.15) is 0 Å². The second-order valence-corrected chi connectivity index (χ2v) is 3.87. The summed E-state index contributed by atoms with van der Waals surface area (Å²) in [5.41, 5.74) is -0.0226. The molecule has 1 saturated heterocycles. The van der Waals surface area contributed by atoms with Crippen LogP contribution in [0.1, 0.15) is 39.5 Å². The molecule has 1 aliphatic heterocycles. The van der Waals surface area contributed by atoms with Crippen LogP contribution in [0.15, 0.2) is 0 Å². The molecule has 0 aromatic carbocycles. The first-order valence-corrected chi connectivity index (χ1v) is 5.26. The van der Waals surface area contributed by atoms with E-state index in [1.54, 1.807) is 7.11 Å². The average Bonchev–Trinajstić information content (AvgIpc) is 2.57. The Morgan fingerprint density at radius 3 is 2.38 bits per heavy atom. The first kappa shape index (κ1) is 11.0. The zero-order valence-corrected chi connectivity index (χ0v) is 9.05. The highest BCUT2D eigenvalue weighted by Crippen LogP contribution is 2.32. The third-order valence-electron chi connectivity index (χ3n) is 3.50. The molecule has 1 fully saturated rings. The lowest BCUT2D eigenvalue weighted by atomic mass is 9.87. The maximum atomic E-state index is 5.95. The molecule has 0 aliphatic carbocycles. The molecule has 2 N–H and O–H groups in total. The van der Waals surface area contributed by atoms with Crippen molar-refractivity contribution in [2.24, 2.45) is 5.84 Å². The van der Waals surface area contributed by atoms with Crippen molar-refractivity contribution in [1.29, 1.82) is 0 Å². The van der Waals surface area contributed by atoms with Crippen LogP contribution in [-0.2, 0) is 4.74 Å². The maximum absolute atomic E-state index is 5.95. The van der Waals surface area contributed by atoms with E-state index in [4.69, 9.17) is 10.6 Å². The largest absolute Gasteiger partial charge is 0.377 e. The van der Waals surface area contributed by atoms with Crippen LogP contribution in [0.3, 0.4) is 0 Å². The third kappa shape index (κ3) is 1.87. The van der Waals surface area contributed by atoms with E-state index in [9.17, 15) is 0 Å². The second-order valence-electron chi connectivity index (χ2n) is 3.87. The lowest BCUT2D eigenvalue weighted by Gasteiger charge is -2.39. The normalized spacial score (nSPS) is 25.4. The van der Waals surface area contributed by atoms with Crippen LogP contribution in [0.5, 0.6) is 0 Å². The van der Waals surface area contributed by atoms with Gasteiger partial charge in [0.15, 0.2) is 0 Å². The fraction of sp³-hybridized carbons (Fsp3) is 1.00. The quantitative estimate of drug-likeness (QED) is 0.677. The summed E-state index contributed by atoms with van der Waals surface area (Å²) in [5, 5.41) is 1.95. The second kappa shape index (κ2) is 4.40. The van der Waals surface area contributed by atoms with Crippen molar-refractivity contribution in [2.45, 2.75) is 51.2 Å². The van der Waals surface area contributed by atoms with E-state index in [-0.39, 0.29) is 5.60 Å². The van der Waals surface area contributed by atoms with Crippen LogP contribution < -0.4 is 5.84 Å². The molecule has 0 bridgehead atoms. The van der Waals surface area contributed by atoms with Gasteiger partial charge in [0, 0.05) is 13.7 Å². The van der Waals surface area contributed by atoms with E-state index >= 15 is 0 Å². The molecule has 0 aromatic rings. The first-order chi connectivity index (χ1) is 6.20. The summed E-state index contributed by atoms with van der Waals surface area (Å²) in [6, 6.07) is 0.410. The van der Waals surface area contributed by atoms with Gasteiger partial charge in [0.2, 0.25) is 0 Å². The Bertz CT molecular complexity index is 149. The van der Waals surface area contributed by atoms with E-state index < -0.39 is 0 Å². The van der Waals surface area contributed by atoms with Crippen LogP contribution in [0.25, 0.3) is 0 Å². The van der Waals surface area contributed by atoms with Crippen LogP contribution in [0.4, 0.5) is 0 Å². The first-order valence-electron chi connectivity index (χ1n) is 5.26. The molecule has 0 spiro atoms. The van der Waals surface area contributed by atoms with Gasteiger partial charge in [-0.25, -0.2) is 5.01 Å². The van der Waals surface area contributed by atoms with E-state index in [0.717, 1.165) is 19.4 Å². The van der Waals surface area contributed by atoms with E-state index in [1.807, 2.05) is 5.01 Å². The van der Waals surface area contributed by atoms with Crippen molar-refractivity contribution < 1.29 is 4.74 Å². The minimum Gasteiger partial charge on any atom is -0.377 e. The molecule has 13 heavy (non-hydrogen) atoms. The van der Waals surface area contributed by atoms with Crippen molar-refractivity contribution >= 4 is 0 Å². The average molecular weight is 186 g/mol. The third-order valence-corrected chi connectivity index (χ3v) is 3.50. The van der Waals surface area contributed by atoms with Gasteiger partial charge in [-0.15, -0.1) is 0 Å². The molecule has 0 saturated carbocycles. The molecule has 1 atom stereocenters. The van der Waals surface area contributed by atoms with Crippen molar-refractivity contribution in [2.75, 3.05) is 13.7 Å². The molecule has 0 aromatic heterocycles. The Hall–Kier alpha value is -0.120. The molecule has 1 rings (SSSR count). The van der Waals surface area contributed by atoms with Crippen molar-refractivity contribution in [1.82, 2.24) is 5.01 Å². The number of ether oxygens (including phenoxy) is 1. The monoisotopic (exact) mass is 186 g/mol. The smallest absolute Gasteiger partial charge is 0.0841 e. The van der Waals surface area contributed by atoms with Gasteiger partial charge in [-0.05, 0) is 25.7 Å². The summed E-state index contributed by atoms with van der Waals surface area (Å²) in [5.74, 6) is 5.95. The molecule has 78 valence electrons. The predicted octanol–water partition coefficient (Wildman–Crippen LogP) is 1.53. The zero-order chi connectivity index (χ0) is 9.90.